The van der Waals surface area contributed by atoms with Crippen LogP contribution < -0.4 is 10.5 Å². The van der Waals surface area contributed by atoms with E-state index >= 15 is 0 Å². The molecule has 0 atom stereocenters. The van der Waals surface area contributed by atoms with Gasteiger partial charge in [-0.1, -0.05) is 30.0 Å². The number of hydrogen-bond donors (Lipinski definition) is 2. The van der Waals surface area contributed by atoms with Crippen molar-refractivity contribution in [2.45, 2.75) is 12.3 Å². The number of halogens is 2. The first-order valence-electron chi connectivity index (χ1n) is 5.01. The van der Waals surface area contributed by atoms with E-state index in [1.54, 1.807) is 24.3 Å². The van der Waals surface area contributed by atoms with Crippen molar-refractivity contribution in [3.63, 3.8) is 0 Å². The van der Waals surface area contributed by atoms with Crippen LogP contribution in [-0.4, -0.2) is 20.7 Å². The molecule has 0 spiro atoms. The normalized spacial score (nSPS) is 11.1. The SMILES string of the molecule is NCC#Cc1ccccc1CNS(=O)(=O)C(F)F. The third-order valence-corrected chi connectivity index (χ3v) is 3.06. The van der Waals surface area contributed by atoms with Gasteiger partial charge in [0.25, 0.3) is 10.0 Å². The molecule has 0 aliphatic rings. The molecular formula is C11H12F2N2O2S. The van der Waals surface area contributed by atoms with Gasteiger partial charge in [0.1, 0.15) is 0 Å². The molecule has 0 amide bonds. The molecule has 0 bridgehead atoms. The van der Waals surface area contributed by atoms with Crippen molar-refractivity contribution >= 4 is 10.0 Å². The standard InChI is InChI=1S/C11H12F2N2O2S/c12-11(13)18(16,17)15-8-10-5-2-1-4-9(10)6-3-7-14/h1-2,4-5,11,15H,7-8,14H2. The van der Waals surface area contributed by atoms with E-state index in [0.717, 1.165) is 0 Å². The average Bonchev–Trinajstić information content (AvgIpc) is 2.34. The monoisotopic (exact) mass is 274 g/mol. The van der Waals surface area contributed by atoms with Gasteiger partial charge in [-0.05, 0) is 11.6 Å². The fraction of sp³-hybridized carbons (Fsp3) is 0.273. The van der Waals surface area contributed by atoms with Crippen molar-refractivity contribution in [2.24, 2.45) is 5.73 Å². The summed E-state index contributed by atoms with van der Waals surface area (Å²) in [5.74, 6) is 1.91. The van der Waals surface area contributed by atoms with Gasteiger partial charge in [-0.2, -0.15) is 8.78 Å². The maximum atomic E-state index is 12.1. The van der Waals surface area contributed by atoms with Gasteiger partial charge < -0.3 is 5.73 Å². The molecule has 4 nitrogen and oxygen atoms in total. The van der Waals surface area contributed by atoms with Gasteiger partial charge in [-0.25, -0.2) is 13.1 Å². The molecule has 3 N–H and O–H groups in total. The minimum atomic E-state index is -4.59. The van der Waals surface area contributed by atoms with Crippen LogP contribution in [-0.2, 0) is 16.6 Å². The highest BCUT2D eigenvalue weighted by Crippen LogP contribution is 2.09. The molecule has 0 saturated heterocycles. The van der Waals surface area contributed by atoms with Crippen LogP contribution in [0.5, 0.6) is 0 Å². The summed E-state index contributed by atoms with van der Waals surface area (Å²) in [6.45, 7) is -0.0702. The van der Waals surface area contributed by atoms with Gasteiger partial charge >= 0.3 is 5.76 Å². The van der Waals surface area contributed by atoms with Gasteiger partial charge in [-0.15, -0.1) is 0 Å². The second-order valence-electron chi connectivity index (χ2n) is 3.29. The Bertz CT molecular complexity index is 562. The van der Waals surface area contributed by atoms with Crippen LogP contribution in [0.15, 0.2) is 24.3 Å². The molecule has 7 heteroatoms. The Balaban J connectivity index is 2.86. The summed E-state index contributed by atoms with van der Waals surface area (Å²) in [6, 6.07) is 6.65. The largest absolute Gasteiger partial charge is 0.350 e. The summed E-state index contributed by atoms with van der Waals surface area (Å²) in [5.41, 5.74) is 6.30. The third kappa shape index (κ3) is 4.07. The summed E-state index contributed by atoms with van der Waals surface area (Å²) in [6.07, 6.45) is 0. The molecule has 18 heavy (non-hydrogen) atoms. The van der Waals surface area contributed by atoms with E-state index in [0.29, 0.717) is 11.1 Å². The number of benzene rings is 1. The fourth-order valence-corrected chi connectivity index (χ4v) is 1.67. The van der Waals surface area contributed by atoms with E-state index in [-0.39, 0.29) is 13.1 Å². The Morgan fingerprint density at radius 3 is 2.61 bits per heavy atom. The van der Waals surface area contributed by atoms with E-state index in [1.807, 2.05) is 4.72 Å². The molecule has 0 aliphatic heterocycles. The number of rotatable bonds is 4. The smallest absolute Gasteiger partial charge is 0.320 e. The van der Waals surface area contributed by atoms with Crippen molar-refractivity contribution in [3.05, 3.63) is 35.4 Å². The highest BCUT2D eigenvalue weighted by Gasteiger charge is 2.23. The van der Waals surface area contributed by atoms with Crippen molar-refractivity contribution in [1.82, 2.24) is 4.72 Å². The summed E-state index contributed by atoms with van der Waals surface area (Å²) >= 11 is 0. The lowest BCUT2D eigenvalue weighted by Gasteiger charge is -2.07. The molecule has 98 valence electrons. The van der Waals surface area contributed by atoms with E-state index in [4.69, 9.17) is 5.73 Å². The fourth-order valence-electron chi connectivity index (χ4n) is 1.18. The minimum absolute atomic E-state index is 0.164. The van der Waals surface area contributed by atoms with Crippen LogP contribution in [0.2, 0.25) is 0 Å². The molecule has 0 saturated carbocycles. The zero-order chi connectivity index (χ0) is 13.6. The summed E-state index contributed by atoms with van der Waals surface area (Å²) < 4.78 is 47.9. The summed E-state index contributed by atoms with van der Waals surface area (Å²) in [7, 11) is -4.59. The van der Waals surface area contributed by atoms with E-state index in [9.17, 15) is 17.2 Å². The maximum absolute atomic E-state index is 12.1. The first-order valence-corrected chi connectivity index (χ1v) is 6.55. The third-order valence-electron chi connectivity index (χ3n) is 2.04. The first-order chi connectivity index (χ1) is 8.47. The lowest BCUT2D eigenvalue weighted by Crippen LogP contribution is -2.29. The number of nitrogens with one attached hydrogen (secondary N) is 1. The minimum Gasteiger partial charge on any atom is -0.320 e. The Hall–Kier alpha value is -1.49. The Morgan fingerprint density at radius 2 is 2.00 bits per heavy atom. The van der Waals surface area contributed by atoms with Gasteiger partial charge in [0.2, 0.25) is 0 Å². The molecule has 0 aromatic heterocycles. The van der Waals surface area contributed by atoms with Crippen LogP contribution in [0.4, 0.5) is 8.78 Å². The molecule has 0 aliphatic carbocycles. The lowest BCUT2D eigenvalue weighted by molar-refractivity contribution is 0.232. The van der Waals surface area contributed by atoms with Crippen molar-refractivity contribution in [1.29, 1.82) is 0 Å². The molecular weight excluding hydrogens is 262 g/mol. The van der Waals surface area contributed by atoms with Crippen molar-refractivity contribution in [3.8, 4) is 11.8 Å². The predicted octanol–water partition coefficient (Wildman–Crippen LogP) is 0.639. The van der Waals surface area contributed by atoms with E-state index < -0.39 is 15.8 Å². The summed E-state index contributed by atoms with van der Waals surface area (Å²) in [4.78, 5) is 0. The van der Waals surface area contributed by atoms with Gasteiger partial charge in [0.05, 0.1) is 6.54 Å². The Labute approximate surface area is 104 Å². The molecule has 1 aromatic rings. The van der Waals surface area contributed by atoms with Gasteiger partial charge in [-0.3, -0.25) is 0 Å². The molecule has 1 aromatic carbocycles. The highest BCUT2D eigenvalue weighted by atomic mass is 32.2. The number of nitrogens with two attached hydrogens (primary N) is 1. The molecule has 0 heterocycles. The van der Waals surface area contributed by atoms with E-state index in [2.05, 4.69) is 11.8 Å². The number of alkyl halides is 2. The first kappa shape index (κ1) is 14.6. The zero-order valence-electron chi connectivity index (χ0n) is 9.36. The second kappa shape index (κ2) is 6.44. The Kier molecular flexibility index (Phi) is 5.22. The predicted molar refractivity (Wildman–Crippen MR) is 64.1 cm³/mol. The van der Waals surface area contributed by atoms with Crippen LogP contribution in [0, 0.1) is 11.8 Å². The van der Waals surface area contributed by atoms with Crippen LogP contribution in [0.1, 0.15) is 11.1 Å². The Morgan fingerprint density at radius 1 is 1.33 bits per heavy atom. The zero-order valence-corrected chi connectivity index (χ0v) is 10.2. The van der Waals surface area contributed by atoms with Crippen LogP contribution in [0.3, 0.4) is 0 Å². The van der Waals surface area contributed by atoms with Gasteiger partial charge in [0, 0.05) is 12.1 Å². The maximum Gasteiger partial charge on any atom is 0.350 e. The van der Waals surface area contributed by atoms with Crippen LogP contribution >= 0.6 is 0 Å². The second-order valence-corrected chi connectivity index (χ2v) is 5.02. The lowest BCUT2D eigenvalue weighted by atomic mass is 10.1. The number of sulfonamides is 1. The molecule has 1 rings (SSSR count). The highest BCUT2D eigenvalue weighted by molar-refractivity contribution is 7.89. The van der Waals surface area contributed by atoms with Gasteiger partial charge in [0.15, 0.2) is 0 Å². The van der Waals surface area contributed by atoms with E-state index in [1.165, 1.54) is 0 Å². The quantitative estimate of drug-likeness (QED) is 0.791. The summed E-state index contributed by atoms with van der Waals surface area (Å²) in [5, 5.41) is 0. The average molecular weight is 274 g/mol. The topological polar surface area (TPSA) is 72.2 Å². The van der Waals surface area contributed by atoms with Crippen molar-refractivity contribution in [2.75, 3.05) is 6.54 Å². The molecule has 0 unspecified atom stereocenters. The molecule has 0 radical (unpaired) electrons. The van der Waals surface area contributed by atoms with Crippen LogP contribution in [0.25, 0.3) is 0 Å². The van der Waals surface area contributed by atoms with Crippen molar-refractivity contribution < 1.29 is 17.2 Å². The molecule has 0 fully saturated rings. The number of hydrogen-bond acceptors (Lipinski definition) is 3.